The number of pyridine rings is 1. The quantitative estimate of drug-likeness (QED) is 0.174. The van der Waals surface area contributed by atoms with Crippen molar-refractivity contribution in [2.24, 2.45) is 0 Å². The lowest BCUT2D eigenvalue weighted by molar-refractivity contribution is 0.481. The summed E-state index contributed by atoms with van der Waals surface area (Å²) < 4.78 is 33.3. The third kappa shape index (κ3) is 5.11. The largest absolute Gasteiger partial charge is 0.457 e. The topological polar surface area (TPSA) is 33.5 Å². The fourth-order valence-corrected chi connectivity index (χ4v) is 8.08. The van der Waals surface area contributed by atoms with E-state index in [-0.39, 0.29) is 12.1 Å². The summed E-state index contributed by atoms with van der Waals surface area (Å²) >= 11 is 0. The molecule has 0 saturated heterocycles. The molecule has 8 aromatic rings. The van der Waals surface area contributed by atoms with E-state index in [9.17, 15) is 0 Å². The van der Waals surface area contributed by atoms with E-state index in [0.29, 0.717) is 11.5 Å². The van der Waals surface area contributed by atoms with Gasteiger partial charge < -0.3 is 14.5 Å². The SMILES string of the molecule is [2H]C([2H])([2H])N1C=C2c3ccccc3-c3ccc(Oc4ccc5c6cc(-c7ccccc7)ccc6n(-c6cc(C(C)(C)c7ccccc7)ccn6)c5c4)cc3N2C1. The Morgan fingerprint density at radius 1 is 0.623 bits per heavy atom. The van der Waals surface area contributed by atoms with Crippen molar-refractivity contribution in [3.8, 4) is 39.6 Å². The molecule has 5 heteroatoms. The van der Waals surface area contributed by atoms with Gasteiger partial charge in [0.05, 0.1) is 29.1 Å². The summed E-state index contributed by atoms with van der Waals surface area (Å²) in [6.07, 6.45) is 3.66. The lowest BCUT2D eigenvalue weighted by Crippen LogP contribution is -2.26. The number of anilines is 1. The molecule has 6 aromatic carbocycles. The van der Waals surface area contributed by atoms with E-state index < -0.39 is 6.98 Å². The molecule has 0 saturated carbocycles. The molecule has 2 aliphatic rings. The smallest absolute Gasteiger partial charge is 0.137 e. The Labute approximate surface area is 313 Å². The minimum atomic E-state index is -2.26. The van der Waals surface area contributed by atoms with E-state index >= 15 is 0 Å². The van der Waals surface area contributed by atoms with Crippen LogP contribution in [0.4, 0.5) is 5.69 Å². The number of ether oxygens (including phenoxy) is 1. The van der Waals surface area contributed by atoms with Crippen LogP contribution in [0.15, 0.2) is 164 Å². The molecule has 0 spiro atoms. The summed E-state index contributed by atoms with van der Waals surface area (Å²) in [6, 6.07) is 52.5. The van der Waals surface area contributed by atoms with Crippen molar-refractivity contribution in [2.75, 3.05) is 18.5 Å². The van der Waals surface area contributed by atoms with Crippen LogP contribution in [-0.4, -0.2) is 28.1 Å². The van der Waals surface area contributed by atoms with Gasteiger partial charge in [-0.15, -0.1) is 0 Å². The van der Waals surface area contributed by atoms with E-state index in [0.717, 1.165) is 66.8 Å². The third-order valence-electron chi connectivity index (χ3n) is 10.9. The molecule has 2 aliphatic heterocycles. The van der Waals surface area contributed by atoms with E-state index in [1.165, 1.54) is 16.0 Å². The van der Waals surface area contributed by atoms with E-state index in [2.05, 4.69) is 139 Å². The monoisotopic (exact) mass is 689 g/mol. The minimum absolute atomic E-state index is 0.223. The van der Waals surface area contributed by atoms with Gasteiger partial charge in [-0.3, -0.25) is 4.57 Å². The molecule has 53 heavy (non-hydrogen) atoms. The Morgan fingerprint density at radius 3 is 2.21 bits per heavy atom. The van der Waals surface area contributed by atoms with Crippen molar-refractivity contribution in [2.45, 2.75) is 19.3 Å². The van der Waals surface area contributed by atoms with Crippen molar-refractivity contribution in [1.29, 1.82) is 0 Å². The first-order chi connectivity index (χ1) is 27.1. The third-order valence-corrected chi connectivity index (χ3v) is 10.9. The Balaban J connectivity index is 1.09. The fourth-order valence-electron chi connectivity index (χ4n) is 8.08. The maximum Gasteiger partial charge on any atom is 0.137 e. The van der Waals surface area contributed by atoms with Crippen LogP contribution in [0.5, 0.6) is 11.5 Å². The number of nitrogens with zero attached hydrogens (tertiary/aromatic N) is 4. The van der Waals surface area contributed by atoms with Crippen LogP contribution in [0, 0.1) is 0 Å². The molecular formula is C48H38N4O. The predicted molar refractivity (Wildman–Crippen MR) is 218 cm³/mol. The lowest BCUT2D eigenvalue weighted by atomic mass is 9.78. The summed E-state index contributed by atoms with van der Waals surface area (Å²) in [4.78, 5) is 8.46. The average Bonchev–Trinajstić information content (AvgIpc) is 3.82. The van der Waals surface area contributed by atoms with Crippen LogP contribution in [-0.2, 0) is 5.41 Å². The highest BCUT2D eigenvalue weighted by Crippen LogP contribution is 2.48. The van der Waals surface area contributed by atoms with Crippen LogP contribution >= 0.6 is 0 Å². The fraction of sp³-hybridized carbons (Fsp3) is 0.104. The zero-order chi connectivity index (χ0) is 38.2. The van der Waals surface area contributed by atoms with Gasteiger partial charge in [-0.2, -0.15) is 0 Å². The van der Waals surface area contributed by atoms with Gasteiger partial charge in [0, 0.05) is 62.9 Å². The molecule has 0 unspecified atom stereocenters. The van der Waals surface area contributed by atoms with Gasteiger partial charge in [0.1, 0.15) is 17.3 Å². The van der Waals surface area contributed by atoms with Gasteiger partial charge in [0.25, 0.3) is 0 Å². The molecule has 10 rings (SSSR count). The Kier molecular flexibility index (Phi) is 6.35. The maximum absolute atomic E-state index is 8.12. The molecule has 0 aliphatic carbocycles. The second-order valence-electron chi connectivity index (χ2n) is 14.4. The van der Waals surface area contributed by atoms with Gasteiger partial charge in [-0.05, 0) is 76.3 Å². The normalized spacial score (nSPS) is 14.6. The Bertz CT molecular complexity index is 2840. The molecule has 256 valence electrons. The van der Waals surface area contributed by atoms with Gasteiger partial charge >= 0.3 is 0 Å². The van der Waals surface area contributed by atoms with E-state index in [1.807, 2.05) is 42.6 Å². The first kappa shape index (κ1) is 28.1. The molecule has 2 aromatic heterocycles. The summed E-state index contributed by atoms with van der Waals surface area (Å²) in [5.74, 6) is 2.17. The number of hydrogen-bond donors (Lipinski definition) is 0. The van der Waals surface area contributed by atoms with Gasteiger partial charge in [0.15, 0.2) is 0 Å². The Hall–Kier alpha value is -6.59. The van der Waals surface area contributed by atoms with E-state index in [1.54, 1.807) is 6.20 Å². The zero-order valence-electron chi connectivity index (χ0n) is 32.5. The van der Waals surface area contributed by atoms with Crippen molar-refractivity contribution in [3.05, 3.63) is 181 Å². The van der Waals surface area contributed by atoms with Crippen LogP contribution in [0.1, 0.15) is 34.7 Å². The van der Waals surface area contributed by atoms with Crippen molar-refractivity contribution < 1.29 is 8.85 Å². The summed E-state index contributed by atoms with van der Waals surface area (Å²) in [6.45, 7) is 2.48. The first-order valence-corrected chi connectivity index (χ1v) is 18.0. The van der Waals surface area contributed by atoms with Gasteiger partial charge in [-0.25, -0.2) is 4.98 Å². The van der Waals surface area contributed by atoms with Crippen molar-refractivity contribution >= 4 is 33.2 Å². The summed E-state index contributed by atoms with van der Waals surface area (Å²) in [7, 11) is 0. The maximum atomic E-state index is 8.12. The zero-order valence-corrected chi connectivity index (χ0v) is 29.5. The molecule has 5 nitrogen and oxygen atoms in total. The highest BCUT2D eigenvalue weighted by Gasteiger charge is 2.31. The van der Waals surface area contributed by atoms with E-state index in [4.69, 9.17) is 13.8 Å². The predicted octanol–water partition coefficient (Wildman–Crippen LogP) is 11.7. The number of hydrogen-bond acceptors (Lipinski definition) is 4. The second-order valence-corrected chi connectivity index (χ2v) is 14.4. The molecule has 0 radical (unpaired) electrons. The number of aromatic nitrogens is 2. The first-order valence-electron chi connectivity index (χ1n) is 19.5. The molecule has 0 N–H and O–H groups in total. The molecule has 0 atom stereocenters. The highest BCUT2D eigenvalue weighted by molar-refractivity contribution is 6.10. The highest BCUT2D eigenvalue weighted by atomic mass is 16.5. The standard InChI is InChI=1S/C48H38N4O/c1-48(2,34-14-8-5-9-15-34)35-24-25-49-47(27-35)52-43-23-18-33(32-12-6-4-7-13-32)26-42(43)41-22-20-37(29-45(41)52)53-36-19-21-40-38-16-10-11-17-39(38)46-30-50(3)31-51(46)44(40)28-36/h4-30H,31H2,1-3H3/i3D3. The Morgan fingerprint density at radius 2 is 1.38 bits per heavy atom. The molecule has 4 heterocycles. The number of fused-ring (bicyclic) bond motifs is 9. The number of rotatable bonds is 6. The van der Waals surface area contributed by atoms with Crippen LogP contribution in [0.25, 0.3) is 55.6 Å². The lowest BCUT2D eigenvalue weighted by Gasteiger charge is -2.31. The minimum Gasteiger partial charge on any atom is -0.457 e. The molecule has 0 amide bonds. The second kappa shape index (κ2) is 12.0. The van der Waals surface area contributed by atoms with Crippen LogP contribution in [0.3, 0.4) is 0 Å². The van der Waals surface area contributed by atoms with Gasteiger partial charge in [-0.1, -0.05) is 105 Å². The van der Waals surface area contributed by atoms with Crippen LogP contribution in [0.2, 0.25) is 0 Å². The van der Waals surface area contributed by atoms with Gasteiger partial charge in [0.2, 0.25) is 0 Å². The van der Waals surface area contributed by atoms with Crippen LogP contribution < -0.4 is 9.64 Å². The summed E-state index contributed by atoms with van der Waals surface area (Å²) in [5, 5.41) is 2.22. The summed E-state index contributed by atoms with van der Waals surface area (Å²) in [5.41, 5.74) is 11.4. The van der Waals surface area contributed by atoms with Crippen molar-refractivity contribution in [3.63, 3.8) is 0 Å². The average molecular weight is 690 g/mol. The molecule has 0 fully saturated rings. The molecule has 0 bridgehead atoms. The molecular weight excluding hydrogens is 649 g/mol. The van der Waals surface area contributed by atoms with Crippen molar-refractivity contribution in [1.82, 2.24) is 14.5 Å². The number of benzene rings is 6.